The Labute approximate surface area is 112 Å². The molecule has 0 fully saturated rings. The minimum absolute atomic E-state index is 0.517. The summed E-state index contributed by atoms with van der Waals surface area (Å²) in [4.78, 5) is 5.85. The van der Waals surface area contributed by atoms with Crippen LogP contribution >= 0.6 is 11.3 Å². The second kappa shape index (κ2) is 4.82. The lowest BCUT2D eigenvalue weighted by molar-refractivity contribution is 0.532. The SMILES string of the molecule is Cc1nc(C)c(CNC2CCc3ccccc32)s1. The number of aromatic nitrogens is 1. The lowest BCUT2D eigenvalue weighted by atomic mass is 10.1. The molecule has 3 rings (SSSR count). The number of fused-ring (bicyclic) bond motifs is 1. The van der Waals surface area contributed by atoms with Crippen LogP contribution in [0.25, 0.3) is 0 Å². The molecule has 1 N–H and O–H groups in total. The molecule has 2 aromatic rings. The fourth-order valence-corrected chi connectivity index (χ4v) is 3.61. The third kappa shape index (κ3) is 2.20. The highest BCUT2D eigenvalue weighted by Crippen LogP contribution is 2.31. The van der Waals surface area contributed by atoms with E-state index in [-0.39, 0.29) is 0 Å². The first kappa shape index (κ1) is 11.9. The molecule has 0 spiro atoms. The number of rotatable bonds is 3. The van der Waals surface area contributed by atoms with Crippen LogP contribution in [0.5, 0.6) is 0 Å². The average molecular weight is 258 g/mol. The van der Waals surface area contributed by atoms with E-state index in [2.05, 4.69) is 48.4 Å². The molecule has 94 valence electrons. The van der Waals surface area contributed by atoms with Crippen LogP contribution < -0.4 is 5.32 Å². The number of thiazole rings is 1. The first-order chi connectivity index (χ1) is 8.74. The van der Waals surface area contributed by atoms with Gasteiger partial charge in [-0.1, -0.05) is 24.3 Å². The van der Waals surface area contributed by atoms with Crippen molar-refractivity contribution in [3.63, 3.8) is 0 Å². The van der Waals surface area contributed by atoms with Gasteiger partial charge in [-0.3, -0.25) is 0 Å². The van der Waals surface area contributed by atoms with Crippen LogP contribution in [0.3, 0.4) is 0 Å². The van der Waals surface area contributed by atoms with E-state index in [0.717, 1.165) is 11.6 Å². The maximum Gasteiger partial charge on any atom is 0.0900 e. The summed E-state index contributed by atoms with van der Waals surface area (Å²) in [7, 11) is 0. The molecule has 1 aromatic carbocycles. The van der Waals surface area contributed by atoms with Gasteiger partial charge < -0.3 is 5.32 Å². The third-order valence-corrected chi connectivity index (χ3v) is 4.71. The van der Waals surface area contributed by atoms with Crippen LogP contribution in [-0.2, 0) is 13.0 Å². The van der Waals surface area contributed by atoms with Gasteiger partial charge >= 0.3 is 0 Å². The Bertz CT molecular complexity index is 559. The number of nitrogens with one attached hydrogen (secondary N) is 1. The summed E-state index contributed by atoms with van der Waals surface area (Å²) < 4.78 is 0. The van der Waals surface area contributed by atoms with Gasteiger partial charge in [-0.05, 0) is 37.8 Å². The van der Waals surface area contributed by atoms with Gasteiger partial charge in [0.05, 0.1) is 10.7 Å². The fourth-order valence-electron chi connectivity index (χ4n) is 2.72. The molecule has 2 nitrogen and oxygen atoms in total. The molecular formula is C15H18N2S. The maximum absolute atomic E-state index is 4.48. The molecule has 0 saturated heterocycles. The topological polar surface area (TPSA) is 24.9 Å². The number of hydrogen-bond acceptors (Lipinski definition) is 3. The Balaban J connectivity index is 1.70. The highest BCUT2D eigenvalue weighted by molar-refractivity contribution is 7.11. The highest BCUT2D eigenvalue weighted by atomic mass is 32.1. The summed E-state index contributed by atoms with van der Waals surface area (Å²) in [6.45, 7) is 5.12. The summed E-state index contributed by atoms with van der Waals surface area (Å²) in [6, 6.07) is 9.30. The van der Waals surface area contributed by atoms with Gasteiger partial charge in [-0.15, -0.1) is 11.3 Å². The fraction of sp³-hybridized carbons (Fsp3) is 0.400. The predicted molar refractivity (Wildman–Crippen MR) is 75.9 cm³/mol. The average Bonchev–Trinajstić information content (AvgIpc) is 2.90. The Morgan fingerprint density at radius 3 is 2.94 bits per heavy atom. The normalized spacial score (nSPS) is 18.0. The lowest BCUT2D eigenvalue weighted by Crippen LogP contribution is -2.18. The number of aryl methyl sites for hydroxylation is 3. The molecular weight excluding hydrogens is 240 g/mol. The Morgan fingerprint density at radius 2 is 2.17 bits per heavy atom. The largest absolute Gasteiger partial charge is 0.305 e. The zero-order chi connectivity index (χ0) is 12.5. The van der Waals surface area contributed by atoms with Crippen LogP contribution in [0.2, 0.25) is 0 Å². The zero-order valence-electron chi connectivity index (χ0n) is 10.9. The van der Waals surface area contributed by atoms with E-state index in [1.807, 2.05) is 0 Å². The zero-order valence-corrected chi connectivity index (χ0v) is 11.7. The summed E-state index contributed by atoms with van der Waals surface area (Å²) in [5.41, 5.74) is 4.17. The summed E-state index contributed by atoms with van der Waals surface area (Å²) >= 11 is 1.81. The quantitative estimate of drug-likeness (QED) is 0.911. The van der Waals surface area contributed by atoms with E-state index in [4.69, 9.17) is 0 Å². The van der Waals surface area contributed by atoms with Crippen molar-refractivity contribution in [3.05, 3.63) is 51.0 Å². The molecule has 18 heavy (non-hydrogen) atoms. The van der Waals surface area contributed by atoms with Crippen LogP contribution in [0.4, 0.5) is 0 Å². The van der Waals surface area contributed by atoms with Crippen molar-refractivity contribution >= 4 is 11.3 Å². The van der Waals surface area contributed by atoms with E-state index in [1.54, 1.807) is 11.3 Å². The summed E-state index contributed by atoms with van der Waals surface area (Å²) in [5, 5.41) is 4.84. The Kier molecular flexibility index (Phi) is 3.18. The van der Waals surface area contributed by atoms with Crippen molar-refractivity contribution in [2.45, 2.75) is 39.3 Å². The van der Waals surface area contributed by atoms with Crippen molar-refractivity contribution in [3.8, 4) is 0 Å². The Morgan fingerprint density at radius 1 is 1.33 bits per heavy atom. The lowest BCUT2D eigenvalue weighted by Gasteiger charge is -2.13. The molecule has 1 heterocycles. The van der Waals surface area contributed by atoms with Crippen molar-refractivity contribution in [2.75, 3.05) is 0 Å². The predicted octanol–water partition coefficient (Wildman–Crippen LogP) is 3.54. The van der Waals surface area contributed by atoms with Crippen molar-refractivity contribution in [2.24, 2.45) is 0 Å². The first-order valence-corrected chi connectivity index (χ1v) is 7.30. The van der Waals surface area contributed by atoms with E-state index < -0.39 is 0 Å². The van der Waals surface area contributed by atoms with E-state index in [0.29, 0.717) is 6.04 Å². The molecule has 1 atom stereocenters. The van der Waals surface area contributed by atoms with Gasteiger partial charge in [-0.25, -0.2) is 4.98 Å². The minimum Gasteiger partial charge on any atom is -0.305 e. The second-order valence-corrected chi connectivity index (χ2v) is 6.20. The van der Waals surface area contributed by atoms with Crippen LogP contribution in [-0.4, -0.2) is 4.98 Å². The van der Waals surface area contributed by atoms with Crippen LogP contribution in [0.15, 0.2) is 24.3 Å². The third-order valence-electron chi connectivity index (χ3n) is 3.64. The summed E-state index contributed by atoms with van der Waals surface area (Å²) in [6.07, 6.45) is 2.42. The first-order valence-electron chi connectivity index (χ1n) is 6.48. The monoisotopic (exact) mass is 258 g/mol. The van der Waals surface area contributed by atoms with E-state index >= 15 is 0 Å². The summed E-state index contributed by atoms with van der Waals surface area (Å²) in [5.74, 6) is 0. The smallest absolute Gasteiger partial charge is 0.0900 e. The molecule has 1 unspecified atom stereocenters. The number of benzene rings is 1. The minimum atomic E-state index is 0.517. The van der Waals surface area contributed by atoms with Gasteiger partial charge in [0.15, 0.2) is 0 Å². The standard InChI is InChI=1S/C15H18N2S/c1-10-15(18-11(2)17-10)9-16-14-8-7-12-5-3-4-6-13(12)14/h3-6,14,16H,7-9H2,1-2H3. The van der Waals surface area contributed by atoms with E-state index in [1.165, 1.54) is 34.5 Å². The van der Waals surface area contributed by atoms with Crippen molar-refractivity contribution in [1.29, 1.82) is 0 Å². The second-order valence-electron chi connectivity index (χ2n) is 4.91. The molecule has 0 bridgehead atoms. The van der Waals surface area contributed by atoms with Crippen LogP contribution in [0.1, 0.15) is 39.2 Å². The van der Waals surface area contributed by atoms with Crippen molar-refractivity contribution < 1.29 is 0 Å². The molecule has 0 aliphatic heterocycles. The van der Waals surface area contributed by atoms with Gasteiger partial charge in [0.2, 0.25) is 0 Å². The molecule has 3 heteroatoms. The van der Waals surface area contributed by atoms with Gasteiger partial charge in [-0.2, -0.15) is 0 Å². The molecule has 0 amide bonds. The van der Waals surface area contributed by atoms with Gasteiger partial charge in [0.25, 0.3) is 0 Å². The molecule has 0 saturated carbocycles. The van der Waals surface area contributed by atoms with Crippen molar-refractivity contribution in [1.82, 2.24) is 10.3 Å². The van der Waals surface area contributed by atoms with E-state index in [9.17, 15) is 0 Å². The number of hydrogen-bond donors (Lipinski definition) is 1. The molecule has 1 aromatic heterocycles. The number of nitrogens with zero attached hydrogens (tertiary/aromatic N) is 1. The molecule has 1 aliphatic carbocycles. The highest BCUT2D eigenvalue weighted by Gasteiger charge is 2.21. The van der Waals surface area contributed by atoms with Gasteiger partial charge in [0, 0.05) is 17.5 Å². The van der Waals surface area contributed by atoms with Crippen LogP contribution in [0, 0.1) is 13.8 Å². The molecule has 0 radical (unpaired) electrons. The maximum atomic E-state index is 4.48. The van der Waals surface area contributed by atoms with Gasteiger partial charge in [0.1, 0.15) is 0 Å². The Hall–Kier alpha value is -1.19. The molecule has 1 aliphatic rings.